The van der Waals surface area contributed by atoms with Crippen LogP contribution in [0.3, 0.4) is 0 Å². The summed E-state index contributed by atoms with van der Waals surface area (Å²) in [5.74, 6) is 2.70. The van der Waals surface area contributed by atoms with Crippen LogP contribution in [-0.2, 0) is 9.53 Å². The lowest BCUT2D eigenvalue weighted by molar-refractivity contribution is -0.161. The fourth-order valence-electron chi connectivity index (χ4n) is 2.93. The van der Waals surface area contributed by atoms with Gasteiger partial charge in [0.1, 0.15) is 5.60 Å². The van der Waals surface area contributed by atoms with Crippen molar-refractivity contribution in [1.82, 2.24) is 0 Å². The summed E-state index contributed by atoms with van der Waals surface area (Å²) in [5.41, 5.74) is -0.246. The fourth-order valence-corrected chi connectivity index (χ4v) is 2.93. The molecule has 0 spiro atoms. The van der Waals surface area contributed by atoms with E-state index in [-0.39, 0.29) is 17.3 Å². The lowest BCUT2D eigenvalue weighted by Crippen LogP contribution is -2.30. The number of carbonyl (C=O) groups excluding carboxylic acids is 1. The van der Waals surface area contributed by atoms with Crippen molar-refractivity contribution in [2.75, 3.05) is 0 Å². The van der Waals surface area contributed by atoms with Crippen molar-refractivity contribution in [2.24, 2.45) is 11.3 Å². The first-order valence-electron chi connectivity index (χ1n) is 9.71. The van der Waals surface area contributed by atoms with Crippen molar-refractivity contribution in [3.63, 3.8) is 0 Å². The van der Waals surface area contributed by atoms with E-state index in [9.17, 15) is 4.79 Å². The number of unbranched alkanes of at least 4 members (excludes halogenated alkanes) is 7. The number of esters is 1. The molecule has 140 valence electrons. The Morgan fingerprint density at radius 2 is 1.42 bits per heavy atom. The monoisotopic (exact) mass is 336 g/mol. The molecule has 24 heavy (non-hydrogen) atoms. The lowest BCUT2D eigenvalue weighted by Gasteiger charge is -2.28. The molecular formula is C22H40O2. The molecule has 2 heteroatoms. The van der Waals surface area contributed by atoms with E-state index in [1.807, 2.05) is 20.8 Å². The van der Waals surface area contributed by atoms with Crippen LogP contribution in [0, 0.1) is 23.7 Å². The third-order valence-electron chi connectivity index (χ3n) is 3.97. The van der Waals surface area contributed by atoms with Gasteiger partial charge in [0.15, 0.2) is 0 Å². The molecule has 0 radical (unpaired) electrons. The van der Waals surface area contributed by atoms with Crippen LogP contribution in [0.1, 0.15) is 106 Å². The molecule has 0 N–H and O–H groups in total. The third-order valence-corrected chi connectivity index (χ3v) is 3.97. The summed E-state index contributed by atoms with van der Waals surface area (Å²) >= 11 is 0. The van der Waals surface area contributed by atoms with Crippen molar-refractivity contribution in [2.45, 2.75) is 111 Å². The maximum absolute atomic E-state index is 12.5. The van der Waals surface area contributed by atoms with E-state index < -0.39 is 5.60 Å². The summed E-state index contributed by atoms with van der Waals surface area (Å²) in [7, 11) is 0. The second-order valence-electron chi connectivity index (χ2n) is 9.21. The van der Waals surface area contributed by atoms with Gasteiger partial charge in [-0.2, -0.15) is 0 Å². The van der Waals surface area contributed by atoms with Crippen molar-refractivity contribution in [3.8, 4) is 12.3 Å². The van der Waals surface area contributed by atoms with Crippen molar-refractivity contribution < 1.29 is 9.53 Å². The average molecular weight is 337 g/mol. The SMILES string of the molecule is C#CCCCCCCCCCC(CC(C)(C)C)C(=O)OC(C)(C)C. The molecule has 0 aromatic heterocycles. The zero-order valence-electron chi connectivity index (χ0n) is 17.0. The first-order chi connectivity index (χ1) is 11.0. The smallest absolute Gasteiger partial charge is 0.309 e. The molecule has 0 aromatic rings. The van der Waals surface area contributed by atoms with Crippen LogP contribution in [-0.4, -0.2) is 11.6 Å². The van der Waals surface area contributed by atoms with E-state index in [0.717, 1.165) is 32.1 Å². The van der Waals surface area contributed by atoms with Gasteiger partial charge >= 0.3 is 5.97 Å². The normalized spacial score (nSPS) is 13.4. The zero-order valence-corrected chi connectivity index (χ0v) is 17.0. The third kappa shape index (κ3) is 14.6. The Balaban J connectivity index is 4.10. The van der Waals surface area contributed by atoms with Gasteiger partial charge in [-0.1, -0.05) is 59.3 Å². The highest BCUT2D eigenvalue weighted by atomic mass is 16.6. The second-order valence-corrected chi connectivity index (χ2v) is 9.21. The van der Waals surface area contributed by atoms with Gasteiger partial charge in [-0.05, 0) is 45.4 Å². The molecular weight excluding hydrogens is 296 g/mol. The van der Waals surface area contributed by atoms with Crippen molar-refractivity contribution in [3.05, 3.63) is 0 Å². The Bertz CT molecular complexity index is 376. The number of hydrogen-bond donors (Lipinski definition) is 0. The standard InChI is InChI=1S/C22H40O2/c1-8-9-10-11-12-13-14-15-16-17-19(18-21(2,3)4)20(23)24-22(5,6)7/h1,19H,9-18H2,2-7H3. The number of rotatable bonds is 11. The molecule has 0 rings (SSSR count). The van der Waals surface area contributed by atoms with Gasteiger partial charge in [-0.3, -0.25) is 4.79 Å². The summed E-state index contributed by atoms with van der Waals surface area (Å²) in [6.07, 6.45) is 16.5. The Hall–Kier alpha value is -0.970. The Labute approximate surface area is 151 Å². The first kappa shape index (κ1) is 23.0. The molecule has 0 heterocycles. The van der Waals surface area contributed by atoms with Crippen molar-refractivity contribution in [1.29, 1.82) is 0 Å². The number of carbonyl (C=O) groups is 1. The lowest BCUT2D eigenvalue weighted by atomic mass is 9.82. The number of ether oxygens (including phenoxy) is 1. The minimum Gasteiger partial charge on any atom is -0.460 e. The van der Waals surface area contributed by atoms with Crippen LogP contribution in [0.4, 0.5) is 0 Å². The topological polar surface area (TPSA) is 26.3 Å². The van der Waals surface area contributed by atoms with Gasteiger partial charge < -0.3 is 4.74 Å². The Kier molecular flexibility index (Phi) is 11.1. The maximum atomic E-state index is 12.5. The number of hydrogen-bond acceptors (Lipinski definition) is 2. The van der Waals surface area contributed by atoms with Crippen LogP contribution in [0.25, 0.3) is 0 Å². The van der Waals surface area contributed by atoms with Crippen LogP contribution >= 0.6 is 0 Å². The van der Waals surface area contributed by atoms with Gasteiger partial charge in [0.25, 0.3) is 0 Å². The highest BCUT2D eigenvalue weighted by Gasteiger charge is 2.28. The predicted molar refractivity (Wildman–Crippen MR) is 104 cm³/mol. The second kappa shape index (κ2) is 11.6. The molecule has 0 aliphatic rings. The summed E-state index contributed by atoms with van der Waals surface area (Å²) < 4.78 is 5.62. The predicted octanol–water partition coefficient (Wildman–Crippen LogP) is 6.52. The van der Waals surface area contributed by atoms with Crippen LogP contribution in [0.2, 0.25) is 0 Å². The van der Waals surface area contributed by atoms with Gasteiger partial charge in [-0.15, -0.1) is 12.3 Å². The quantitative estimate of drug-likeness (QED) is 0.244. The summed E-state index contributed by atoms with van der Waals surface area (Å²) in [4.78, 5) is 12.5. The minimum atomic E-state index is -0.397. The minimum absolute atomic E-state index is 0.0216. The molecule has 0 saturated carbocycles. The molecule has 0 fully saturated rings. The molecule has 0 aromatic carbocycles. The van der Waals surface area contributed by atoms with E-state index in [1.165, 1.54) is 32.1 Å². The highest BCUT2D eigenvalue weighted by molar-refractivity contribution is 5.72. The van der Waals surface area contributed by atoms with E-state index in [0.29, 0.717) is 0 Å². The van der Waals surface area contributed by atoms with Crippen LogP contribution in [0.15, 0.2) is 0 Å². The van der Waals surface area contributed by atoms with Gasteiger partial charge in [0.2, 0.25) is 0 Å². The first-order valence-corrected chi connectivity index (χ1v) is 9.71. The number of terminal acetylenes is 1. The van der Waals surface area contributed by atoms with Gasteiger partial charge in [0, 0.05) is 6.42 Å². The summed E-state index contributed by atoms with van der Waals surface area (Å²) in [6, 6.07) is 0. The molecule has 0 bridgehead atoms. The van der Waals surface area contributed by atoms with Crippen LogP contribution in [0.5, 0.6) is 0 Å². The molecule has 1 unspecified atom stereocenters. The summed E-state index contributed by atoms with van der Waals surface area (Å²) in [5, 5.41) is 0. The Morgan fingerprint density at radius 3 is 1.88 bits per heavy atom. The fraction of sp³-hybridized carbons (Fsp3) is 0.864. The molecule has 0 saturated heterocycles. The molecule has 2 nitrogen and oxygen atoms in total. The van der Waals surface area contributed by atoms with E-state index in [2.05, 4.69) is 26.7 Å². The van der Waals surface area contributed by atoms with E-state index in [4.69, 9.17) is 11.2 Å². The molecule has 0 aliphatic heterocycles. The molecule has 0 amide bonds. The molecule has 1 atom stereocenters. The van der Waals surface area contributed by atoms with Gasteiger partial charge in [0.05, 0.1) is 5.92 Å². The van der Waals surface area contributed by atoms with E-state index >= 15 is 0 Å². The largest absolute Gasteiger partial charge is 0.460 e. The average Bonchev–Trinajstić information content (AvgIpc) is 2.41. The zero-order chi connectivity index (χ0) is 18.6. The van der Waals surface area contributed by atoms with Crippen LogP contribution < -0.4 is 0 Å². The Morgan fingerprint density at radius 1 is 0.917 bits per heavy atom. The van der Waals surface area contributed by atoms with E-state index in [1.54, 1.807) is 0 Å². The highest BCUT2D eigenvalue weighted by Crippen LogP contribution is 2.30. The summed E-state index contributed by atoms with van der Waals surface area (Å²) in [6.45, 7) is 12.4. The molecule has 0 aliphatic carbocycles. The maximum Gasteiger partial charge on any atom is 0.309 e. The van der Waals surface area contributed by atoms with Crippen molar-refractivity contribution >= 4 is 5.97 Å². The van der Waals surface area contributed by atoms with Gasteiger partial charge in [-0.25, -0.2) is 0 Å².